The molecule has 7 heteroatoms. The van der Waals surface area contributed by atoms with Crippen molar-refractivity contribution in [3.63, 3.8) is 0 Å². The van der Waals surface area contributed by atoms with Crippen molar-refractivity contribution in [2.24, 2.45) is 0 Å². The van der Waals surface area contributed by atoms with Crippen molar-refractivity contribution >= 4 is 35.1 Å². The number of carboxylic acid groups (broad SMARTS) is 2. The average molecular weight is 377 g/mol. The second-order valence-corrected chi connectivity index (χ2v) is 4.50. The molecular formula is C14H10Cl2CuO4. The summed E-state index contributed by atoms with van der Waals surface area (Å²) < 4.78 is 0. The zero-order chi connectivity index (χ0) is 15.1. The van der Waals surface area contributed by atoms with Crippen LogP contribution in [-0.4, -0.2) is 22.2 Å². The maximum absolute atomic E-state index is 10.3. The Labute approximate surface area is 141 Å². The molecule has 2 rings (SSSR count). The molecule has 2 N–H and O–H groups in total. The van der Waals surface area contributed by atoms with Crippen molar-refractivity contribution in [3.05, 3.63) is 69.7 Å². The van der Waals surface area contributed by atoms with Gasteiger partial charge in [0.2, 0.25) is 0 Å². The van der Waals surface area contributed by atoms with Gasteiger partial charge >= 0.3 is 11.9 Å². The van der Waals surface area contributed by atoms with Crippen molar-refractivity contribution in [1.82, 2.24) is 0 Å². The van der Waals surface area contributed by atoms with Gasteiger partial charge in [0.1, 0.15) is 0 Å². The molecule has 0 fully saturated rings. The zero-order valence-corrected chi connectivity index (χ0v) is 12.8. The summed E-state index contributed by atoms with van der Waals surface area (Å²) in [6.45, 7) is 0. The fourth-order valence-electron chi connectivity index (χ4n) is 1.18. The normalized spacial score (nSPS) is 8.86. The summed E-state index contributed by atoms with van der Waals surface area (Å²) in [5.74, 6) is -1.87. The topological polar surface area (TPSA) is 74.6 Å². The largest absolute Gasteiger partial charge is 0.478 e. The molecule has 0 saturated carbocycles. The summed E-state index contributed by atoms with van der Waals surface area (Å²) in [5, 5.41) is 18.0. The minimum atomic E-state index is -0.934. The smallest absolute Gasteiger partial charge is 0.335 e. The average Bonchev–Trinajstić information content (AvgIpc) is 2.40. The maximum Gasteiger partial charge on any atom is 0.335 e. The van der Waals surface area contributed by atoms with Crippen LogP contribution in [0, 0.1) is 0 Å². The van der Waals surface area contributed by atoms with Gasteiger partial charge in [0.25, 0.3) is 0 Å². The SMILES string of the molecule is O=C(O)c1ccc(Cl)cc1.O=C(O)c1ccc(Cl)cc1.[Cu]. The predicted molar refractivity (Wildman–Crippen MR) is 76.8 cm³/mol. The molecule has 1 radical (unpaired) electrons. The molecule has 115 valence electrons. The number of hydrogen-bond acceptors (Lipinski definition) is 2. The van der Waals surface area contributed by atoms with Crippen molar-refractivity contribution in [1.29, 1.82) is 0 Å². The van der Waals surface area contributed by atoms with Crippen LogP contribution in [0.3, 0.4) is 0 Å². The van der Waals surface area contributed by atoms with Crippen LogP contribution in [0.2, 0.25) is 10.0 Å². The van der Waals surface area contributed by atoms with E-state index in [1.165, 1.54) is 24.3 Å². The molecule has 0 bridgehead atoms. The Morgan fingerprint density at radius 3 is 1.10 bits per heavy atom. The molecule has 4 nitrogen and oxygen atoms in total. The van der Waals surface area contributed by atoms with Crippen molar-refractivity contribution in [3.8, 4) is 0 Å². The van der Waals surface area contributed by atoms with Crippen LogP contribution in [0.25, 0.3) is 0 Å². The summed E-state index contributed by atoms with van der Waals surface area (Å²) in [4.78, 5) is 20.5. The standard InChI is InChI=1S/2C7H5ClO2.Cu/c2*8-6-3-1-5(2-4-6)7(9)10;/h2*1-4H,(H,9,10);. The quantitative estimate of drug-likeness (QED) is 0.775. The number of halogens is 2. The molecule has 0 saturated heterocycles. The minimum Gasteiger partial charge on any atom is -0.478 e. The van der Waals surface area contributed by atoms with Crippen LogP contribution in [0.4, 0.5) is 0 Å². The minimum absolute atomic E-state index is 0. The predicted octanol–water partition coefficient (Wildman–Crippen LogP) is 4.07. The first-order chi connectivity index (χ1) is 9.40. The molecule has 2 aromatic rings. The molecule has 0 spiro atoms. The Balaban J connectivity index is 0.000000364. The Morgan fingerprint density at radius 2 is 0.905 bits per heavy atom. The molecule has 0 atom stereocenters. The first kappa shape index (κ1) is 19.5. The van der Waals surface area contributed by atoms with Gasteiger partial charge in [-0.25, -0.2) is 9.59 Å². The molecule has 0 unspecified atom stereocenters. The number of benzene rings is 2. The Kier molecular flexibility index (Phi) is 8.74. The molecule has 0 aliphatic rings. The molecule has 0 heterocycles. The van der Waals surface area contributed by atoms with E-state index < -0.39 is 11.9 Å². The van der Waals surface area contributed by atoms with Gasteiger partial charge in [-0.05, 0) is 48.5 Å². The summed E-state index contributed by atoms with van der Waals surface area (Å²) in [6, 6.07) is 12.0. The molecule has 2 aromatic carbocycles. The molecule has 0 amide bonds. The number of carboxylic acids is 2. The molecule has 0 aromatic heterocycles. The van der Waals surface area contributed by atoms with Gasteiger partial charge in [0.15, 0.2) is 0 Å². The fourth-order valence-corrected chi connectivity index (χ4v) is 1.44. The van der Waals surface area contributed by atoms with E-state index in [4.69, 9.17) is 33.4 Å². The van der Waals surface area contributed by atoms with Gasteiger partial charge in [0, 0.05) is 27.1 Å². The first-order valence-corrected chi connectivity index (χ1v) is 6.13. The van der Waals surface area contributed by atoms with Gasteiger partial charge in [-0.1, -0.05) is 23.2 Å². The number of rotatable bonds is 2. The number of carbonyl (C=O) groups is 2. The van der Waals surface area contributed by atoms with E-state index in [0.717, 1.165) is 0 Å². The second kappa shape index (κ2) is 9.42. The zero-order valence-electron chi connectivity index (χ0n) is 10.4. The van der Waals surface area contributed by atoms with Crippen LogP contribution < -0.4 is 0 Å². The van der Waals surface area contributed by atoms with Crippen molar-refractivity contribution < 1.29 is 36.9 Å². The van der Waals surface area contributed by atoms with Gasteiger partial charge in [-0.3, -0.25) is 0 Å². The van der Waals surface area contributed by atoms with Crippen LogP contribution in [-0.2, 0) is 17.1 Å². The summed E-state index contributed by atoms with van der Waals surface area (Å²) in [5.41, 5.74) is 0.508. The van der Waals surface area contributed by atoms with Crippen LogP contribution in [0.5, 0.6) is 0 Å². The number of hydrogen-bond donors (Lipinski definition) is 2. The fraction of sp³-hybridized carbons (Fsp3) is 0. The van der Waals surface area contributed by atoms with E-state index >= 15 is 0 Å². The third kappa shape index (κ3) is 7.16. The molecule has 0 aliphatic heterocycles. The van der Waals surface area contributed by atoms with E-state index in [-0.39, 0.29) is 28.2 Å². The van der Waals surface area contributed by atoms with Gasteiger partial charge in [-0.2, -0.15) is 0 Å². The van der Waals surface area contributed by atoms with E-state index in [1.54, 1.807) is 24.3 Å². The van der Waals surface area contributed by atoms with Crippen LogP contribution in [0.15, 0.2) is 48.5 Å². The molecule has 21 heavy (non-hydrogen) atoms. The third-order valence-corrected chi connectivity index (χ3v) is 2.69. The van der Waals surface area contributed by atoms with E-state index in [9.17, 15) is 9.59 Å². The third-order valence-electron chi connectivity index (χ3n) is 2.18. The maximum atomic E-state index is 10.3. The summed E-state index contributed by atoms with van der Waals surface area (Å²) in [6.07, 6.45) is 0. The summed E-state index contributed by atoms with van der Waals surface area (Å²) >= 11 is 11.0. The molecular weight excluding hydrogens is 367 g/mol. The monoisotopic (exact) mass is 375 g/mol. The van der Waals surface area contributed by atoms with E-state index in [0.29, 0.717) is 10.0 Å². The van der Waals surface area contributed by atoms with Gasteiger partial charge < -0.3 is 10.2 Å². The second-order valence-electron chi connectivity index (χ2n) is 3.62. The molecule has 0 aliphatic carbocycles. The number of aromatic carboxylic acids is 2. The first-order valence-electron chi connectivity index (χ1n) is 5.38. The van der Waals surface area contributed by atoms with Gasteiger partial charge in [-0.15, -0.1) is 0 Å². The Bertz CT molecular complexity index is 542. The van der Waals surface area contributed by atoms with E-state index in [1.807, 2.05) is 0 Å². The van der Waals surface area contributed by atoms with Crippen LogP contribution >= 0.6 is 23.2 Å². The summed E-state index contributed by atoms with van der Waals surface area (Å²) in [7, 11) is 0. The van der Waals surface area contributed by atoms with Crippen LogP contribution in [0.1, 0.15) is 20.7 Å². The van der Waals surface area contributed by atoms with Crippen molar-refractivity contribution in [2.45, 2.75) is 0 Å². The Hall–Kier alpha value is -1.52. The van der Waals surface area contributed by atoms with Gasteiger partial charge in [0.05, 0.1) is 11.1 Å². The van der Waals surface area contributed by atoms with Crippen molar-refractivity contribution in [2.75, 3.05) is 0 Å². The van der Waals surface area contributed by atoms with E-state index in [2.05, 4.69) is 0 Å². The Morgan fingerprint density at radius 1 is 0.667 bits per heavy atom.